The minimum Gasteiger partial charge on any atom is -0.476 e. The largest absolute Gasteiger partial charge is 0.476 e. The molecule has 0 saturated carbocycles. The smallest absolute Gasteiger partial charge is 0.357 e. The first-order chi connectivity index (χ1) is 17.4. The van der Waals surface area contributed by atoms with Gasteiger partial charge in [-0.15, -0.1) is 5.06 Å². The van der Waals surface area contributed by atoms with Gasteiger partial charge >= 0.3 is 17.9 Å². The average Bonchev–Trinajstić information content (AvgIpc) is 3.29. The number of carboxylic acids is 1. The summed E-state index contributed by atoms with van der Waals surface area (Å²) in [6.07, 6.45) is 2.12. The van der Waals surface area contributed by atoms with Crippen molar-refractivity contribution in [2.45, 2.75) is 31.3 Å². The Hall–Kier alpha value is -3.95. The van der Waals surface area contributed by atoms with Crippen LogP contribution in [0.3, 0.4) is 0 Å². The standard InChI is InChI=1S/C24H29N7O5/c1-29-11-5-8-18(29)15-35-24-27-20(22(32)33)19(26)21(28-24)30-12-13-31(17(14-30)9-10-25)36-23(34)16-6-3-2-4-7-16/h2-4,6-7,17-18H,5,8-9,11-15,26H2,1H3,(H,32,33)/t17-,18-/m0/s1. The van der Waals surface area contributed by atoms with Crippen LogP contribution in [0.5, 0.6) is 6.01 Å². The lowest BCUT2D eigenvalue weighted by Crippen LogP contribution is -2.54. The van der Waals surface area contributed by atoms with E-state index in [1.807, 2.05) is 7.05 Å². The van der Waals surface area contributed by atoms with Gasteiger partial charge in [0.2, 0.25) is 0 Å². The number of carbonyl (C=O) groups is 2. The number of carboxylic acid groups (broad SMARTS) is 1. The van der Waals surface area contributed by atoms with Crippen LogP contribution in [0.25, 0.3) is 0 Å². The van der Waals surface area contributed by atoms with Crippen LogP contribution in [0.1, 0.15) is 40.1 Å². The number of rotatable bonds is 8. The number of aromatic carboxylic acids is 1. The molecular formula is C24H29N7O5. The van der Waals surface area contributed by atoms with Crippen molar-refractivity contribution in [1.82, 2.24) is 19.9 Å². The molecule has 0 unspecified atom stereocenters. The zero-order chi connectivity index (χ0) is 25.7. The van der Waals surface area contributed by atoms with E-state index in [1.54, 1.807) is 35.2 Å². The Labute approximate surface area is 208 Å². The summed E-state index contributed by atoms with van der Waals surface area (Å²) in [5.74, 6) is -1.59. The van der Waals surface area contributed by atoms with E-state index < -0.39 is 18.0 Å². The molecule has 1 aromatic heterocycles. The Balaban J connectivity index is 1.52. The fourth-order valence-electron chi connectivity index (χ4n) is 4.42. The van der Waals surface area contributed by atoms with Gasteiger partial charge in [-0.2, -0.15) is 15.2 Å². The number of hydrogen-bond donors (Lipinski definition) is 2. The molecule has 1 aromatic carbocycles. The highest BCUT2D eigenvalue weighted by Crippen LogP contribution is 2.29. The summed E-state index contributed by atoms with van der Waals surface area (Å²) in [5, 5.41) is 20.5. The molecule has 0 bridgehead atoms. The number of hydroxylamine groups is 2. The molecule has 0 amide bonds. The van der Waals surface area contributed by atoms with Gasteiger partial charge in [0.25, 0.3) is 0 Å². The second-order valence-electron chi connectivity index (χ2n) is 8.83. The van der Waals surface area contributed by atoms with Crippen LogP contribution in [0.4, 0.5) is 11.5 Å². The van der Waals surface area contributed by atoms with Gasteiger partial charge in [-0.05, 0) is 38.6 Å². The maximum atomic E-state index is 12.6. The second-order valence-corrected chi connectivity index (χ2v) is 8.83. The summed E-state index contributed by atoms with van der Waals surface area (Å²) in [6, 6.07) is 10.4. The molecule has 2 atom stereocenters. The number of benzene rings is 1. The number of ether oxygens (including phenoxy) is 1. The molecule has 2 saturated heterocycles. The molecule has 3 heterocycles. The number of hydrogen-bond acceptors (Lipinski definition) is 11. The number of nitrogens with zero attached hydrogens (tertiary/aromatic N) is 6. The Morgan fingerprint density at radius 3 is 2.64 bits per heavy atom. The van der Waals surface area contributed by atoms with Crippen molar-refractivity contribution in [2.75, 3.05) is 50.5 Å². The van der Waals surface area contributed by atoms with Gasteiger partial charge in [0.1, 0.15) is 12.3 Å². The monoisotopic (exact) mass is 495 g/mol. The van der Waals surface area contributed by atoms with E-state index in [0.29, 0.717) is 18.7 Å². The van der Waals surface area contributed by atoms with E-state index in [0.717, 1.165) is 19.4 Å². The number of aromatic nitrogens is 2. The predicted octanol–water partition coefficient (Wildman–Crippen LogP) is 1.41. The fourth-order valence-corrected chi connectivity index (χ4v) is 4.42. The maximum absolute atomic E-state index is 12.6. The Kier molecular flexibility index (Phi) is 7.82. The van der Waals surface area contributed by atoms with Crippen LogP contribution in [-0.2, 0) is 4.84 Å². The highest BCUT2D eigenvalue weighted by atomic mass is 16.7. The number of nitrogen functional groups attached to an aromatic ring is 1. The van der Waals surface area contributed by atoms with E-state index in [9.17, 15) is 20.0 Å². The van der Waals surface area contributed by atoms with E-state index in [2.05, 4.69) is 20.9 Å². The van der Waals surface area contributed by atoms with Crippen LogP contribution in [-0.4, -0.2) is 88.9 Å². The van der Waals surface area contributed by atoms with Crippen molar-refractivity contribution in [3.05, 3.63) is 41.6 Å². The van der Waals surface area contributed by atoms with Crippen molar-refractivity contribution in [2.24, 2.45) is 0 Å². The summed E-state index contributed by atoms with van der Waals surface area (Å²) < 4.78 is 5.79. The number of nitriles is 1. The van der Waals surface area contributed by atoms with Crippen LogP contribution in [0.2, 0.25) is 0 Å². The highest BCUT2D eigenvalue weighted by molar-refractivity contribution is 5.94. The zero-order valence-corrected chi connectivity index (χ0v) is 20.0. The van der Waals surface area contributed by atoms with Gasteiger partial charge in [0.15, 0.2) is 11.5 Å². The SMILES string of the molecule is CN1CCC[C@H]1COc1nc(C(=O)O)c(N)c(N2CCN(OC(=O)c3ccccc3)[C@@H](CC#N)C2)n1. The topological polar surface area (TPSA) is 158 Å². The normalized spacial score (nSPS) is 20.6. The molecule has 0 spiro atoms. The summed E-state index contributed by atoms with van der Waals surface area (Å²) in [7, 11) is 2.01. The Morgan fingerprint density at radius 2 is 1.97 bits per heavy atom. The molecule has 12 nitrogen and oxygen atoms in total. The van der Waals surface area contributed by atoms with Gasteiger partial charge in [-0.25, -0.2) is 9.59 Å². The first kappa shape index (κ1) is 25.2. The second kappa shape index (κ2) is 11.2. The molecule has 3 N–H and O–H groups in total. The van der Waals surface area contributed by atoms with E-state index in [4.69, 9.17) is 15.3 Å². The first-order valence-electron chi connectivity index (χ1n) is 11.8. The van der Waals surface area contributed by atoms with Crippen LogP contribution < -0.4 is 15.4 Å². The molecule has 2 aliphatic heterocycles. The van der Waals surface area contributed by atoms with Gasteiger partial charge in [0.05, 0.1) is 30.6 Å². The van der Waals surface area contributed by atoms with Gasteiger partial charge in [-0.3, -0.25) is 0 Å². The molecule has 36 heavy (non-hydrogen) atoms. The van der Waals surface area contributed by atoms with E-state index in [1.165, 1.54) is 5.06 Å². The lowest BCUT2D eigenvalue weighted by atomic mass is 10.1. The summed E-state index contributed by atoms with van der Waals surface area (Å²) in [6.45, 7) is 2.14. The lowest BCUT2D eigenvalue weighted by Gasteiger charge is -2.39. The Bertz CT molecular complexity index is 1140. The molecular weight excluding hydrogens is 466 g/mol. The number of anilines is 2. The molecule has 0 aliphatic carbocycles. The maximum Gasteiger partial charge on any atom is 0.357 e. The van der Waals surface area contributed by atoms with Crippen molar-refractivity contribution < 1.29 is 24.3 Å². The molecule has 2 fully saturated rings. The zero-order valence-electron chi connectivity index (χ0n) is 20.0. The third kappa shape index (κ3) is 5.64. The minimum absolute atomic E-state index is 0.0633. The average molecular weight is 496 g/mol. The van der Waals surface area contributed by atoms with Gasteiger partial charge in [0, 0.05) is 19.1 Å². The van der Waals surface area contributed by atoms with Gasteiger partial charge < -0.3 is 30.2 Å². The van der Waals surface area contributed by atoms with Crippen LogP contribution in [0.15, 0.2) is 30.3 Å². The third-order valence-corrected chi connectivity index (χ3v) is 6.45. The fraction of sp³-hybridized carbons (Fsp3) is 0.458. The number of likely N-dealkylation sites (N-methyl/N-ethyl adjacent to an activating group) is 1. The lowest BCUT2D eigenvalue weighted by molar-refractivity contribution is -0.140. The van der Waals surface area contributed by atoms with E-state index in [-0.39, 0.29) is 48.8 Å². The van der Waals surface area contributed by atoms with Crippen molar-refractivity contribution >= 4 is 23.4 Å². The number of nitrogens with two attached hydrogens (primary N) is 1. The summed E-state index contributed by atoms with van der Waals surface area (Å²) >= 11 is 0. The first-order valence-corrected chi connectivity index (χ1v) is 11.8. The van der Waals surface area contributed by atoms with E-state index >= 15 is 0 Å². The molecule has 190 valence electrons. The van der Waals surface area contributed by atoms with Crippen molar-refractivity contribution in [3.63, 3.8) is 0 Å². The number of likely N-dealkylation sites (tertiary alicyclic amines) is 1. The van der Waals surface area contributed by atoms with Crippen molar-refractivity contribution in [1.29, 1.82) is 5.26 Å². The molecule has 2 aliphatic rings. The quantitative estimate of drug-likeness (QED) is 0.543. The molecule has 0 radical (unpaired) electrons. The summed E-state index contributed by atoms with van der Waals surface area (Å²) in [4.78, 5) is 42.4. The Morgan fingerprint density at radius 1 is 1.19 bits per heavy atom. The van der Waals surface area contributed by atoms with Crippen LogP contribution in [0, 0.1) is 11.3 Å². The van der Waals surface area contributed by atoms with Crippen molar-refractivity contribution in [3.8, 4) is 12.1 Å². The number of piperazine rings is 1. The third-order valence-electron chi connectivity index (χ3n) is 6.45. The number of carbonyl (C=O) groups excluding carboxylic acids is 1. The highest BCUT2D eigenvalue weighted by Gasteiger charge is 2.33. The van der Waals surface area contributed by atoms with Crippen LogP contribution >= 0.6 is 0 Å². The predicted molar refractivity (Wildman–Crippen MR) is 129 cm³/mol. The summed E-state index contributed by atoms with van der Waals surface area (Å²) in [5.41, 5.74) is 6.13. The molecule has 4 rings (SSSR count). The molecule has 12 heteroatoms. The minimum atomic E-state index is -1.29. The van der Waals surface area contributed by atoms with Gasteiger partial charge in [-0.1, -0.05) is 18.2 Å². The molecule has 2 aromatic rings.